The van der Waals surface area contributed by atoms with Crippen LogP contribution >= 0.6 is 7.26 Å². The van der Waals surface area contributed by atoms with E-state index in [-0.39, 0.29) is 0 Å². The Morgan fingerprint density at radius 2 is 1.05 bits per heavy atom. The molecule has 2 aromatic rings. The summed E-state index contributed by atoms with van der Waals surface area (Å²) < 4.78 is 0. The van der Waals surface area contributed by atoms with Gasteiger partial charge in [0.25, 0.3) is 0 Å². The van der Waals surface area contributed by atoms with Crippen molar-refractivity contribution in [2.45, 2.75) is 31.6 Å². The summed E-state index contributed by atoms with van der Waals surface area (Å²) in [6.07, 6.45) is 10.2. The molecule has 0 atom stereocenters. The molecule has 0 N–H and O–H groups in total. The maximum absolute atomic E-state index is 2.33. The van der Waals surface area contributed by atoms with Crippen LogP contribution in [0.2, 0.25) is 0 Å². The van der Waals surface area contributed by atoms with Crippen molar-refractivity contribution < 1.29 is 0 Å². The van der Waals surface area contributed by atoms with Crippen LogP contribution in [0.3, 0.4) is 0 Å². The molecule has 1 heterocycles. The molecule has 1 aliphatic heterocycles. The molecule has 2 aromatic carbocycles. The quantitative estimate of drug-likeness (QED) is 0.666. The van der Waals surface area contributed by atoms with Gasteiger partial charge >= 0.3 is 123 Å². The summed E-state index contributed by atoms with van der Waals surface area (Å²) in [5, 5.41) is 0. The van der Waals surface area contributed by atoms with Crippen LogP contribution in [0.15, 0.2) is 60.7 Å². The van der Waals surface area contributed by atoms with Gasteiger partial charge in [-0.15, -0.1) is 0 Å². The summed E-state index contributed by atoms with van der Waals surface area (Å²) in [5.41, 5.74) is 3.13. The first-order valence-electron chi connectivity index (χ1n) is 7.94. The van der Waals surface area contributed by atoms with E-state index in [4.69, 9.17) is 0 Å². The molecule has 1 aliphatic rings. The topological polar surface area (TPSA) is 0 Å². The Hall–Kier alpha value is -1.13. The molecule has 3 rings (SSSR count). The average molecular weight is 284 g/mol. The van der Waals surface area contributed by atoms with Crippen LogP contribution in [0.1, 0.15) is 30.4 Å². The van der Waals surface area contributed by atoms with Crippen LogP contribution in [0, 0.1) is 0 Å². The van der Waals surface area contributed by atoms with Crippen molar-refractivity contribution in [2.24, 2.45) is 0 Å². The normalized spacial score (nSPS) is 19.4. The molecule has 1 heteroatoms. The third kappa shape index (κ3) is 3.49. The van der Waals surface area contributed by atoms with Crippen molar-refractivity contribution >= 4 is 7.26 Å². The monoisotopic (exact) mass is 284 g/mol. The van der Waals surface area contributed by atoms with Gasteiger partial charge in [-0.3, -0.25) is 0 Å². The third-order valence-corrected chi connectivity index (χ3v) is 9.90. The second-order valence-corrected chi connectivity index (χ2v) is 11.1. The number of rotatable bonds is 4. The van der Waals surface area contributed by atoms with Gasteiger partial charge in [0.1, 0.15) is 0 Å². The van der Waals surface area contributed by atoms with Crippen LogP contribution in [0.4, 0.5) is 0 Å². The first kappa shape index (κ1) is 13.8. The van der Waals surface area contributed by atoms with Crippen LogP contribution in [-0.4, -0.2) is 12.3 Å². The predicted molar refractivity (Wildman–Crippen MR) is 92.2 cm³/mol. The molecule has 20 heavy (non-hydrogen) atoms. The molecule has 0 radical (unpaired) electrons. The predicted octanol–water partition coefficient (Wildman–Crippen LogP) is 5.32. The Morgan fingerprint density at radius 3 is 1.50 bits per heavy atom. The molecule has 0 aromatic heterocycles. The van der Waals surface area contributed by atoms with E-state index < -0.39 is 7.26 Å². The number of hydrogen-bond donors (Lipinski definition) is 0. The van der Waals surface area contributed by atoms with E-state index in [2.05, 4.69) is 60.7 Å². The van der Waals surface area contributed by atoms with Gasteiger partial charge < -0.3 is 0 Å². The van der Waals surface area contributed by atoms with Gasteiger partial charge in [0.2, 0.25) is 0 Å². The Morgan fingerprint density at radius 1 is 0.600 bits per heavy atom. The number of benzene rings is 2. The molecule has 0 bridgehead atoms. The fourth-order valence-electron chi connectivity index (χ4n) is 3.78. The first-order chi connectivity index (χ1) is 9.86. The zero-order chi connectivity index (χ0) is 13.7. The van der Waals surface area contributed by atoms with E-state index in [0.717, 1.165) is 0 Å². The molecule has 0 nitrogen and oxygen atoms in total. The Labute approximate surface area is 123 Å². The molecule has 1 saturated heterocycles. The Bertz CT molecular complexity index is 468. The zero-order valence-corrected chi connectivity index (χ0v) is 13.2. The summed E-state index contributed by atoms with van der Waals surface area (Å²) in [7, 11) is -1.16. The van der Waals surface area contributed by atoms with Crippen LogP contribution < -0.4 is 0 Å². The van der Waals surface area contributed by atoms with E-state index in [1.807, 2.05) is 0 Å². The standard InChI is InChI=1S/C19H25P/c1-4-10-18(11-5-1)16-20(14-8-3-9-15-20)17-19-12-6-2-7-13-19/h1-2,4-7,10-13,20H,3,8-9,14-17H2. The fourth-order valence-corrected chi connectivity index (χ4v) is 9.06. The van der Waals surface area contributed by atoms with Crippen molar-refractivity contribution in [3.63, 3.8) is 0 Å². The van der Waals surface area contributed by atoms with Gasteiger partial charge in [-0.2, -0.15) is 0 Å². The van der Waals surface area contributed by atoms with Crippen molar-refractivity contribution in [3.05, 3.63) is 71.8 Å². The third-order valence-electron chi connectivity index (χ3n) is 4.76. The van der Waals surface area contributed by atoms with Gasteiger partial charge in [-0.25, -0.2) is 0 Å². The van der Waals surface area contributed by atoms with Crippen LogP contribution in [0.25, 0.3) is 0 Å². The summed E-state index contributed by atoms with van der Waals surface area (Å²) in [6, 6.07) is 22.4. The van der Waals surface area contributed by atoms with Gasteiger partial charge in [0.15, 0.2) is 0 Å². The van der Waals surface area contributed by atoms with Crippen molar-refractivity contribution in [1.29, 1.82) is 0 Å². The summed E-state index contributed by atoms with van der Waals surface area (Å²) >= 11 is 0. The van der Waals surface area contributed by atoms with Gasteiger partial charge in [-0.1, -0.05) is 0 Å². The first-order valence-corrected chi connectivity index (χ1v) is 10.8. The van der Waals surface area contributed by atoms with E-state index in [9.17, 15) is 0 Å². The fraction of sp³-hybridized carbons (Fsp3) is 0.368. The Kier molecular flexibility index (Phi) is 4.53. The second kappa shape index (κ2) is 6.55. The molecule has 106 valence electrons. The van der Waals surface area contributed by atoms with Crippen molar-refractivity contribution in [2.75, 3.05) is 12.3 Å². The molecular formula is C19H25P. The summed E-state index contributed by atoms with van der Waals surface area (Å²) in [5.74, 6) is 0. The summed E-state index contributed by atoms with van der Waals surface area (Å²) in [4.78, 5) is 0. The number of hydrogen-bond acceptors (Lipinski definition) is 0. The van der Waals surface area contributed by atoms with E-state index >= 15 is 0 Å². The molecule has 1 fully saturated rings. The van der Waals surface area contributed by atoms with Crippen molar-refractivity contribution in [3.8, 4) is 0 Å². The minimum atomic E-state index is -1.16. The molecule has 0 amide bonds. The zero-order valence-electron chi connectivity index (χ0n) is 12.2. The Balaban J connectivity index is 1.81. The van der Waals surface area contributed by atoms with Gasteiger partial charge in [0.05, 0.1) is 0 Å². The molecule has 0 unspecified atom stereocenters. The average Bonchev–Trinajstić information content (AvgIpc) is 2.50. The van der Waals surface area contributed by atoms with Gasteiger partial charge in [-0.05, 0) is 0 Å². The molecule has 0 aliphatic carbocycles. The van der Waals surface area contributed by atoms with E-state index in [1.54, 1.807) is 11.1 Å². The molecule has 0 saturated carbocycles. The second-order valence-electron chi connectivity index (χ2n) is 6.39. The van der Waals surface area contributed by atoms with Crippen LogP contribution in [0.5, 0.6) is 0 Å². The summed E-state index contributed by atoms with van der Waals surface area (Å²) in [6.45, 7) is 0. The van der Waals surface area contributed by atoms with E-state index in [0.29, 0.717) is 0 Å². The molecule has 0 spiro atoms. The maximum atomic E-state index is 2.33. The SMILES string of the molecule is c1ccc(C[PH]2(Cc3ccccc3)CCCCC2)cc1. The molecular weight excluding hydrogens is 259 g/mol. The minimum absolute atomic E-state index is 1.16. The van der Waals surface area contributed by atoms with E-state index in [1.165, 1.54) is 43.9 Å². The van der Waals surface area contributed by atoms with Crippen molar-refractivity contribution in [1.82, 2.24) is 0 Å². The van der Waals surface area contributed by atoms with Crippen LogP contribution in [-0.2, 0) is 12.3 Å². The van der Waals surface area contributed by atoms with Gasteiger partial charge in [0, 0.05) is 0 Å².